The lowest BCUT2D eigenvalue weighted by atomic mass is 9.98. The van der Waals surface area contributed by atoms with Crippen LogP contribution < -0.4 is 5.32 Å². The predicted molar refractivity (Wildman–Crippen MR) is 83.6 cm³/mol. The molecule has 5 heteroatoms. The Labute approximate surface area is 126 Å². The van der Waals surface area contributed by atoms with Crippen molar-refractivity contribution >= 4 is 17.7 Å². The van der Waals surface area contributed by atoms with Crippen molar-refractivity contribution in [3.63, 3.8) is 0 Å². The first-order chi connectivity index (χ1) is 9.85. The highest BCUT2D eigenvalue weighted by atomic mass is 16.4. The molecule has 0 radical (unpaired) electrons. The Morgan fingerprint density at radius 2 is 1.76 bits per heavy atom. The number of hydrogen-bond donors (Lipinski definition) is 2. The summed E-state index contributed by atoms with van der Waals surface area (Å²) in [6, 6.07) is 7.34. The van der Waals surface area contributed by atoms with E-state index in [0.29, 0.717) is 12.2 Å². The fraction of sp³-hybridized carbons (Fsp3) is 0.500. The molecule has 1 aromatic rings. The maximum Gasteiger partial charge on any atom is 0.322 e. The van der Waals surface area contributed by atoms with Gasteiger partial charge >= 0.3 is 12.0 Å². The number of carboxylic acid groups (broad SMARTS) is 1. The monoisotopic (exact) mass is 292 g/mol. The van der Waals surface area contributed by atoms with Crippen molar-refractivity contribution in [2.45, 2.75) is 46.1 Å². The molecule has 1 atom stereocenters. The van der Waals surface area contributed by atoms with E-state index in [2.05, 4.69) is 5.32 Å². The van der Waals surface area contributed by atoms with Gasteiger partial charge in [0.15, 0.2) is 0 Å². The van der Waals surface area contributed by atoms with Crippen molar-refractivity contribution in [2.75, 3.05) is 11.9 Å². The number of rotatable bonds is 6. The molecule has 1 aromatic carbocycles. The molecule has 2 amide bonds. The predicted octanol–water partition coefficient (Wildman–Crippen LogP) is 3.53. The van der Waals surface area contributed by atoms with Gasteiger partial charge < -0.3 is 15.3 Å². The molecule has 0 saturated heterocycles. The number of aliphatic carboxylic acids is 1. The average Bonchev–Trinajstić information content (AvgIpc) is 2.38. The van der Waals surface area contributed by atoms with Crippen molar-refractivity contribution in [3.05, 3.63) is 29.8 Å². The highest BCUT2D eigenvalue weighted by Gasteiger charge is 2.15. The highest BCUT2D eigenvalue weighted by molar-refractivity contribution is 5.89. The summed E-state index contributed by atoms with van der Waals surface area (Å²) >= 11 is 0. The maximum absolute atomic E-state index is 12.1. The first-order valence-corrected chi connectivity index (χ1v) is 7.24. The van der Waals surface area contributed by atoms with Crippen molar-refractivity contribution in [3.8, 4) is 0 Å². The Kier molecular flexibility index (Phi) is 6.21. The minimum Gasteiger partial charge on any atom is -0.481 e. The van der Waals surface area contributed by atoms with Gasteiger partial charge in [0.25, 0.3) is 0 Å². The Hall–Kier alpha value is -2.04. The Morgan fingerprint density at radius 3 is 2.19 bits per heavy atom. The fourth-order valence-electron chi connectivity index (χ4n) is 2.21. The van der Waals surface area contributed by atoms with Gasteiger partial charge in [-0.05, 0) is 44.4 Å². The van der Waals surface area contributed by atoms with E-state index >= 15 is 0 Å². The summed E-state index contributed by atoms with van der Waals surface area (Å²) < 4.78 is 0. The Morgan fingerprint density at radius 1 is 1.19 bits per heavy atom. The number of hydrogen-bond acceptors (Lipinski definition) is 2. The third-order valence-electron chi connectivity index (χ3n) is 3.44. The molecule has 1 unspecified atom stereocenters. The molecule has 0 saturated carbocycles. The zero-order chi connectivity index (χ0) is 16.0. The molecule has 21 heavy (non-hydrogen) atoms. The van der Waals surface area contributed by atoms with Crippen LogP contribution in [-0.4, -0.2) is 34.6 Å². The average molecular weight is 292 g/mol. The van der Waals surface area contributed by atoms with Gasteiger partial charge in [0.1, 0.15) is 0 Å². The van der Waals surface area contributed by atoms with Crippen LogP contribution in [0.3, 0.4) is 0 Å². The fourth-order valence-corrected chi connectivity index (χ4v) is 2.21. The lowest BCUT2D eigenvalue weighted by Crippen LogP contribution is -2.39. The minimum atomic E-state index is -0.810. The van der Waals surface area contributed by atoms with Crippen molar-refractivity contribution in [1.29, 1.82) is 0 Å². The highest BCUT2D eigenvalue weighted by Crippen LogP contribution is 2.21. The van der Waals surface area contributed by atoms with E-state index in [0.717, 1.165) is 5.56 Å². The van der Waals surface area contributed by atoms with Crippen molar-refractivity contribution in [1.82, 2.24) is 4.90 Å². The lowest BCUT2D eigenvalue weighted by Gasteiger charge is -2.25. The van der Waals surface area contributed by atoms with Gasteiger partial charge in [-0.25, -0.2) is 4.79 Å². The van der Waals surface area contributed by atoms with Crippen LogP contribution in [0.25, 0.3) is 0 Å². The van der Waals surface area contributed by atoms with Gasteiger partial charge in [-0.1, -0.05) is 19.1 Å². The molecule has 0 aromatic heterocycles. The second kappa shape index (κ2) is 7.67. The first kappa shape index (κ1) is 17.0. The third-order valence-corrected chi connectivity index (χ3v) is 3.44. The molecule has 0 bridgehead atoms. The number of amides is 2. The van der Waals surface area contributed by atoms with E-state index in [1.807, 2.05) is 39.8 Å². The second-order valence-electron chi connectivity index (χ2n) is 5.43. The SMILES string of the molecule is CCN(C(=O)Nc1ccc(C(C)CC(=O)O)cc1)C(C)C. The second-order valence-corrected chi connectivity index (χ2v) is 5.43. The molecule has 0 spiro atoms. The van der Waals surface area contributed by atoms with Gasteiger partial charge in [-0.15, -0.1) is 0 Å². The maximum atomic E-state index is 12.1. The molecule has 0 aliphatic carbocycles. The van der Waals surface area contributed by atoms with E-state index in [4.69, 9.17) is 5.11 Å². The Balaban J connectivity index is 2.70. The zero-order valence-electron chi connectivity index (χ0n) is 13.1. The summed E-state index contributed by atoms with van der Waals surface area (Å²) in [7, 11) is 0. The number of anilines is 1. The summed E-state index contributed by atoms with van der Waals surface area (Å²) in [6.07, 6.45) is 0.0999. The number of carbonyl (C=O) groups is 2. The molecular weight excluding hydrogens is 268 g/mol. The van der Waals surface area contributed by atoms with Crippen LogP contribution >= 0.6 is 0 Å². The molecular formula is C16H24N2O3. The van der Waals surface area contributed by atoms with Crippen LogP contribution in [0, 0.1) is 0 Å². The number of carbonyl (C=O) groups excluding carboxylic acids is 1. The summed E-state index contributed by atoms with van der Waals surface area (Å²) in [5, 5.41) is 11.6. The van der Waals surface area contributed by atoms with Crippen LogP contribution in [0.15, 0.2) is 24.3 Å². The van der Waals surface area contributed by atoms with E-state index in [-0.39, 0.29) is 24.4 Å². The third kappa shape index (κ3) is 5.10. The molecule has 5 nitrogen and oxygen atoms in total. The van der Waals surface area contributed by atoms with Gasteiger partial charge in [-0.2, -0.15) is 0 Å². The van der Waals surface area contributed by atoms with E-state index < -0.39 is 5.97 Å². The van der Waals surface area contributed by atoms with Crippen LogP contribution in [0.2, 0.25) is 0 Å². The van der Waals surface area contributed by atoms with E-state index in [9.17, 15) is 9.59 Å². The van der Waals surface area contributed by atoms with Crippen molar-refractivity contribution < 1.29 is 14.7 Å². The number of benzene rings is 1. The quantitative estimate of drug-likeness (QED) is 0.842. The van der Waals surface area contributed by atoms with Crippen LogP contribution in [0.5, 0.6) is 0 Å². The number of urea groups is 1. The molecule has 0 aliphatic heterocycles. The van der Waals surface area contributed by atoms with Gasteiger partial charge in [-0.3, -0.25) is 4.79 Å². The summed E-state index contributed by atoms with van der Waals surface area (Å²) in [6.45, 7) is 8.41. The minimum absolute atomic E-state index is 0.0462. The normalized spacial score (nSPS) is 12.0. The van der Waals surface area contributed by atoms with Crippen LogP contribution in [0.1, 0.15) is 45.6 Å². The number of carboxylic acids is 1. The van der Waals surface area contributed by atoms with E-state index in [1.165, 1.54) is 0 Å². The lowest BCUT2D eigenvalue weighted by molar-refractivity contribution is -0.137. The van der Waals surface area contributed by atoms with Gasteiger partial charge in [0, 0.05) is 18.3 Å². The first-order valence-electron chi connectivity index (χ1n) is 7.24. The molecule has 116 valence electrons. The number of nitrogens with one attached hydrogen (secondary N) is 1. The molecule has 0 aliphatic rings. The van der Waals surface area contributed by atoms with Crippen LogP contribution in [-0.2, 0) is 4.79 Å². The summed E-state index contributed by atoms with van der Waals surface area (Å²) in [4.78, 5) is 24.5. The standard InChI is InChI=1S/C16H24N2O3/c1-5-18(11(2)3)16(21)17-14-8-6-13(7-9-14)12(4)10-15(19)20/h6-9,11-12H,5,10H2,1-4H3,(H,17,21)(H,19,20). The Bertz CT molecular complexity index is 483. The molecule has 0 heterocycles. The number of nitrogens with zero attached hydrogens (tertiary/aromatic N) is 1. The van der Waals surface area contributed by atoms with Crippen LogP contribution in [0.4, 0.5) is 10.5 Å². The largest absolute Gasteiger partial charge is 0.481 e. The molecule has 1 rings (SSSR count). The zero-order valence-corrected chi connectivity index (χ0v) is 13.1. The van der Waals surface area contributed by atoms with Crippen molar-refractivity contribution in [2.24, 2.45) is 0 Å². The summed E-state index contributed by atoms with van der Waals surface area (Å²) in [5.41, 5.74) is 1.66. The van der Waals surface area contributed by atoms with Gasteiger partial charge in [0.05, 0.1) is 6.42 Å². The summed E-state index contributed by atoms with van der Waals surface area (Å²) in [5.74, 6) is -0.856. The van der Waals surface area contributed by atoms with E-state index in [1.54, 1.807) is 17.0 Å². The molecule has 0 fully saturated rings. The molecule has 2 N–H and O–H groups in total. The van der Waals surface area contributed by atoms with Gasteiger partial charge in [0.2, 0.25) is 0 Å². The topological polar surface area (TPSA) is 69.6 Å². The smallest absolute Gasteiger partial charge is 0.322 e.